The number of hydrogen-bond acceptors (Lipinski definition) is 4. The van der Waals surface area contributed by atoms with Gasteiger partial charge in [-0.3, -0.25) is 4.79 Å². The van der Waals surface area contributed by atoms with Crippen molar-refractivity contribution in [3.63, 3.8) is 0 Å². The number of ether oxygens (including phenoxy) is 1. The lowest BCUT2D eigenvalue weighted by molar-refractivity contribution is -0.141. The zero-order valence-electron chi connectivity index (χ0n) is 11.6. The van der Waals surface area contributed by atoms with Crippen LogP contribution >= 0.6 is 0 Å². The number of rotatable bonds is 6. The SMILES string of the molecule is COCCNS(=O)(=O)N1C(C(=O)O)CC2CCCCC21. The summed E-state index contributed by atoms with van der Waals surface area (Å²) >= 11 is 0. The van der Waals surface area contributed by atoms with Gasteiger partial charge in [0.25, 0.3) is 10.2 Å². The second-order valence-corrected chi connectivity index (χ2v) is 7.08. The molecule has 116 valence electrons. The number of nitrogens with one attached hydrogen (secondary N) is 1. The number of hydrogen-bond donors (Lipinski definition) is 2. The lowest BCUT2D eigenvalue weighted by Crippen LogP contribution is -2.51. The Bertz CT molecular complexity index is 453. The maximum atomic E-state index is 12.4. The van der Waals surface area contributed by atoms with Crippen LogP contribution < -0.4 is 4.72 Å². The third-order valence-corrected chi connectivity index (χ3v) is 5.83. The summed E-state index contributed by atoms with van der Waals surface area (Å²) in [5, 5.41) is 9.31. The van der Waals surface area contributed by atoms with Gasteiger partial charge in [-0.15, -0.1) is 0 Å². The monoisotopic (exact) mass is 306 g/mol. The van der Waals surface area contributed by atoms with Crippen LogP contribution in [-0.2, 0) is 19.7 Å². The molecular weight excluding hydrogens is 284 g/mol. The lowest BCUT2D eigenvalue weighted by Gasteiger charge is -2.32. The van der Waals surface area contributed by atoms with Crippen molar-refractivity contribution in [3.8, 4) is 0 Å². The molecule has 0 aromatic rings. The second kappa shape index (κ2) is 6.38. The number of nitrogens with zero attached hydrogens (tertiary/aromatic N) is 1. The van der Waals surface area contributed by atoms with Crippen LogP contribution in [0.4, 0.5) is 0 Å². The zero-order valence-corrected chi connectivity index (χ0v) is 12.4. The predicted molar refractivity (Wildman–Crippen MR) is 72.4 cm³/mol. The van der Waals surface area contributed by atoms with Gasteiger partial charge in [-0.2, -0.15) is 17.4 Å². The first-order chi connectivity index (χ1) is 9.47. The first kappa shape index (κ1) is 15.7. The molecule has 1 saturated heterocycles. The highest BCUT2D eigenvalue weighted by molar-refractivity contribution is 7.87. The van der Waals surface area contributed by atoms with Crippen molar-refractivity contribution >= 4 is 16.2 Å². The fourth-order valence-electron chi connectivity index (χ4n) is 3.32. The van der Waals surface area contributed by atoms with Gasteiger partial charge in [-0.1, -0.05) is 12.8 Å². The number of carbonyl (C=O) groups is 1. The maximum Gasteiger partial charge on any atom is 0.322 e. The smallest absolute Gasteiger partial charge is 0.322 e. The van der Waals surface area contributed by atoms with Crippen molar-refractivity contribution in [2.75, 3.05) is 20.3 Å². The van der Waals surface area contributed by atoms with Gasteiger partial charge >= 0.3 is 5.97 Å². The fourth-order valence-corrected chi connectivity index (χ4v) is 4.96. The Hall–Kier alpha value is -0.700. The van der Waals surface area contributed by atoms with Crippen molar-refractivity contribution in [1.82, 2.24) is 9.03 Å². The van der Waals surface area contributed by atoms with Crippen molar-refractivity contribution in [2.24, 2.45) is 5.92 Å². The summed E-state index contributed by atoms with van der Waals surface area (Å²) in [4.78, 5) is 11.4. The van der Waals surface area contributed by atoms with E-state index >= 15 is 0 Å². The molecule has 0 amide bonds. The highest BCUT2D eigenvalue weighted by Gasteiger charge is 2.50. The minimum Gasteiger partial charge on any atom is -0.480 e. The molecule has 0 radical (unpaired) electrons. The first-order valence-electron chi connectivity index (χ1n) is 6.97. The van der Waals surface area contributed by atoms with E-state index in [2.05, 4.69) is 4.72 Å². The minimum atomic E-state index is -3.77. The summed E-state index contributed by atoms with van der Waals surface area (Å²) in [6.07, 6.45) is 4.10. The van der Waals surface area contributed by atoms with Crippen LogP contribution in [0.25, 0.3) is 0 Å². The highest BCUT2D eigenvalue weighted by atomic mass is 32.2. The standard InChI is InChI=1S/C12H22N2O5S/c1-19-7-6-13-20(17,18)14-10-5-3-2-4-9(10)8-11(14)12(15)16/h9-11,13H,2-8H2,1H3,(H,15,16). The van der Waals surface area contributed by atoms with Crippen LogP contribution in [0.5, 0.6) is 0 Å². The molecule has 1 aliphatic heterocycles. The molecule has 0 aromatic carbocycles. The number of fused-ring (bicyclic) bond motifs is 1. The molecule has 0 bridgehead atoms. The van der Waals surface area contributed by atoms with Gasteiger partial charge in [0.05, 0.1) is 6.61 Å². The molecule has 2 N–H and O–H groups in total. The van der Waals surface area contributed by atoms with Gasteiger partial charge in [0.15, 0.2) is 0 Å². The fraction of sp³-hybridized carbons (Fsp3) is 0.917. The molecule has 3 atom stereocenters. The summed E-state index contributed by atoms with van der Waals surface area (Å²) in [7, 11) is -2.29. The van der Waals surface area contributed by atoms with Crippen LogP contribution in [0, 0.1) is 5.92 Å². The van der Waals surface area contributed by atoms with Gasteiger partial charge in [0.2, 0.25) is 0 Å². The molecule has 2 fully saturated rings. The molecule has 1 heterocycles. The average molecular weight is 306 g/mol. The Morgan fingerprint density at radius 1 is 1.40 bits per heavy atom. The van der Waals surface area contributed by atoms with E-state index in [1.807, 2.05) is 0 Å². The largest absolute Gasteiger partial charge is 0.480 e. The van der Waals surface area contributed by atoms with E-state index in [9.17, 15) is 18.3 Å². The van der Waals surface area contributed by atoms with E-state index in [0.717, 1.165) is 25.7 Å². The van der Waals surface area contributed by atoms with Gasteiger partial charge < -0.3 is 9.84 Å². The Morgan fingerprint density at radius 2 is 2.10 bits per heavy atom. The Labute approximate surface area is 119 Å². The quantitative estimate of drug-likeness (QED) is 0.683. The summed E-state index contributed by atoms with van der Waals surface area (Å²) in [5.41, 5.74) is 0. The lowest BCUT2D eigenvalue weighted by atomic mass is 9.85. The topological polar surface area (TPSA) is 95.9 Å². The first-order valence-corrected chi connectivity index (χ1v) is 8.41. The summed E-state index contributed by atoms with van der Waals surface area (Å²) in [6.45, 7) is 0.415. The van der Waals surface area contributed by atoms with E-state index in [4.69, 9.17) is 4.74 Å². The highest BCUT2D eigenvalue weighted by Crippen LogP contribution is 2.40. The molecule has 7 nitrogen and oxygen atoms in total. The molecule has 0 aromatic heterocycles. The normalized spacial score (nSPS) is 31.1. The predicted octanol–water partition coefficient (Wildman–Crippen LogP) is 0.185. The van der Waals surface area contributed by atoms with Crippen LogP contribution in [0.3, 0.4) is 0 Å². The average Bonchev–Trinajstić information content (AvgIpc) is 2.79. The van der Waals surface area contributed by atoms with Crippen LogP contribution in [0.1, 0.15) is 32.1 Å². The summed E-state index contributed by atoms with van der Waals surface area (Å²) in [6, 6.07) is -1.12. The van der Waals surface area contributed by atoms with E-state index in [-0.39, 0.29) is 25.1 Å². The number of methoxy groups -OCH3 is 1. The third-order valence-electron chi connectivity index (χ3n) is 4.18. The molecule has 2 rings (SSSR count). The van der Waals surface area contributed by atoms with Crippen LogP contribution in [-0.4, -0.2) is 56.1 Å². The zero-order chi connectivity index (χ0) is 14.8. The van der Waals surface area contributed by atoms with Crippen LogP contribution in [0.2, 0.25) is 0 Å². The molecule has 0 spiro atoms. The van der Waals surface area contributed by atoms with E-state index < -0.39 is 22.2 Å². The van der Waals surface area contributed by atoms with E-state index in [0.29, 0.717) is 6.42 Å². The maximum absolute atomic E-state index is 12.4. The van der Waals surface area contributed by atoms with Gasteiger partial charge in [-0.25, -0.2) is 0 Å². The molecule has 20 heavy (non-hydrogen) atoms. The molecule has 3 unspecified atom stereocenters. The number of carboxylic acids is 1. The molecular formula is C12H22N2O5S. The molecule has 1 saturated carbocycles. The molecule has 8 heteroatoms. The Kier molecular flexibility index (Phi) is 5.00. The van der Waals surface area contributed by atoms with Gasteiger partial charge in [0.1, 0.15) is 6.04 Å². The van der Waals surface area contributed by atoms with Crippen molar-refractivity contribution in [1.29, 1.82) is 0 Å². The van der Waals surface area contributed by atoms with Gasteiger partial charge in [-0.05, 0) is 25.2 Å². The number of aliphatic carboxylic acids is 1. The van der Waals surface area contributed by atoms with Crippen molar-refractivity contribution < 1.29 is 23.1 Å². The third kappa shape index (κ3) is 3.13. The Morgan fingerprint density at radius 3 is 2.75 bits per heavy atom. The van der Waals surface area contributed by atoms with E-state index in [1.165, 1.54) is 11.4 Å². The summed E-state index contributed by atoms with van der Waals surface area (Å²) < 4.78 is 33.2. The second-order valence-electron chi connectivity index (χ2n) is 5.42. The summed E-state index contributed by atoms with van der Waals surface area (Å²) in [5.74, 6) is -0.889. The molecule has 2 aliphatic rings. The van der Waals surface area contributed by atoms with E-state index in [1.54, 1.807) is 0 Å². The molecule has 1 aliphatic carbocycles. The number of carboxylic acid groups (broad SMARTS) is 1. The minimum absolute atomic E-state index is 0.152. The van der Waals surface area contributed by atoms with Crippen LogP contribution in [0.15, 0.2) is 0 Å². The Balaban J connectivity index is 2.18. The van der Waals surface area contributed by atoms with Crippen molar-refractivity contribution in [3.05, 3.63) is 0 Å². The van der Waals surface area contributed by atoms with Gasteiger partial charge in [0, 0.05) is 19.7 Å². The van der Waals surface area contributed by atoms with Crippen molar-refractivity contribution in [2.45, 2.75) is 44.2 Å².